The van der Waals surface area contributed by atoms with Gasteiger partial charge in [-0.2, -0.15) is 5.26 Å². The zero-order chi connectivity index (χ0) is 24.7. The summed E-state index contributed by atoms with van der Waals surface area (Å²) in [4.78, 5) is 13.4. The van der Waals surface area contributed by atoms with Crippen LogP contribution in [0.5, 0.6) is 0 Å². The van der Waals surface area contributed by atoms with Crippen molar-refractivity contribution in [2.75, 3.05) is 5.32 Å². The summed E-state index contributed by atoms with van der Waals surface area (Å²) in [5, 5.41) is 13.0. The Labute approximate surface area is 210 Å². The molecular formula is C32H24N2O2. The number of nitrogens with one attached hydrogen (secondary N) is 1. The van der Waals surface area contributed by atoms with Crippen molar-refractivity contribution in [3.8, 4) is 28.5 Å². The van der Waals surface area contributed by atoms with Gasteiger partial charge in [-0.3, -0.25) is 10.1 Å². The predicted octanol–water partition coefficient (Wildman–Crippen LogP) is 7.65. The van der Waals surface area contributed by atoms with Gasteiger partial charge in [0.25, 0.3) is 0 Å². The van der Waals surface area contributed by atoms with Gasteiger partial charge in [0.2, 0.25) is 11.8 Å². The molecule has 0 radical (unpaired) electrons. The van der Waals surface area contributed by atoms with Crippen LogP contribution in [0.2, 0.25) is 0 Å². The second kappa shape index (κ2) is 10.6. The molecule has 4 heteroatoms. The summed E-state index contributed by atoms with van der Waals surface area (Å²) in [6, 6.07) is 41.4. The zero-order valence-corrected chi connectivity index (χ0v) is 19.6. The van der Waals surface area contributed by atoms with E-state index in [-0.39, 0.29) is 24.1 Å². The molecule has 0 aliphatic heterocycles. The molecule has 0 aliphatic carbocycles. The summed E-state index contributed by atoms with van der Waals surface area (Å²) < 4.78 is 6.19. The Hall–Kier alpha value is -4.88. The number of nitriles is 1. The van der Waals surface area contributed by atoms with Crippen LogP contribution in [0, 0.1) is 11.3 Å². The molecular weight excluding hydrogens is 444 g/mol. The lowest BCUT2D eigenvalue weighted by Crippen LogP contribution is -2.16. The third kappa shape index (κ3) is 4.82. The highest BCUT2D eigenvalue weighted by Crippen LogP contribution is 2.41. The summed E-state index contributed by atoms with van der Waals surface area (Å²) in [6.45, 7) is 0. The van der Waals surface area contributed by atoms with Gasteiger partial charge < -0.3 is 4.42 Å². The van der Waals surface area contributed by atoms with Gasteiger partial charge in [-0.15, -0.1) is 0 Å². The van der Waals surface area contributed by atoms with E-state index in [1.165, 1.54) is 0 Å². The van der Waals surface area contributed by atoms with Gasteiger partial charge in [-0.1, -0.05) is 121 Å². The van der Waals surface area contributed by atoms with Crippen molar-refractivity contribution in [1.29, 1.82) is 5.26 Å². The molecule has 5 aromatic rings. The average molecular weight is 469 g/mol. The summed E-state index contributed by atoms with van der Waals surface area (Å²) >= 11 is 0. The molecule has 4 aromatic carbocycles. The van der Waals surface area contributed by atoms with Crippen molar-refractivity contribution in [3.63, 3.8) is 0 Å². The Morgan fingerprint density at radius 2 is 1.19 bits per heavy atom. The number of hydrogen-bond acceptors (Lipinski definition) is 3. The fourth-order valence-electron chi connectivity index (χ4n) is 4.46. The maximum atomic E-state index is 13.4. The van der Waals surface area contributed by atoms with Gasteiger partial charge in [0.1, 0.15) is 17.4 Å². The van der Waals surface area contributed by atoms with Crippen LogP contribution < -0.4 is 5.32 Å². The van der Waals surface area contributed by atoms with Crippen molar-refractivity contribution in [1.82, 2.24) is 0 Å². The van der Waals surface area contributed by atoms with Crippen LogP contribution in [-0.2, 0) is 4.79 Å². The summed E-state index contributed by atoms with van der Waals surface area (Å²) in [5.41, 5.74) is 4.76. The standard InChI is InChI=1S/C32H24N2O2/c33-22-28-30(25-17-9-3-10-18-25)31(26-19-11-4-12-20-26)36-32(28)34-29(35)21-27(23-13-5-1-6-14-23)24-15-7-2-8-16-24/h1-20,27H,21H2,(H,34,35). The normalized spacial score (nSPS) is 10.7. The fraction of sp³-hybridized carbons (Fsp3) is 0.0625. The van der Waals surface area contributed by atoms with E-state index in [2.05, 4.69) is 11.4 Å². The maximum Gasteiger partial charge on any atom is 0.227 e. The third-order valence-electron chi connectivity index (χ3n) is 6.16. The van der Waals surface area contributed by atoms with E-state index < -0.39 is 0 Å². The number of furan rings is 1. The van der Waals surface area contributed by atoms with Gasteiger partial charge in [0.15, 0.2) is 0 Å². The minimum atomic E-state index is -0.225. The first-order valence-corrected chi connectivity index (χ1v) is 11.8. The molecule has 0 saturated carbocycles. The van der Waals surface area contributed by atoms with Crippen molar-refractivity contribution in [2.24, 2.45) is 0 Å². The minimum Gasteiger partial charge on any atom is -0.438 e. The number of nitrogens with zero attached hydrogens (tertiary/aromatic N) is 1. The smallest absolute Gasteiger partial charge is 0.227 e. The van der Waals surface area contributed by atoms with Crippen LogP contribution >= 0.6 is 0 Å². The summed E-state index contributed by atoms with van der Waals surface area (Å²) in [5.74, 6) is 0.365. The van der Waals surface area contributed by atoms with E-state index in [0.717, 1.165) is 22.3 Å². The van der Waals surface area contributed by atoms with E-state index in [1.807, 2.05) is 121 Å². The number of carbonyl (C=O) groups is 1. The van der Waals surface area contributed by atoms with E-state index >= 15 is 0 Å². The Balaban J connectivity index is 1.51. The molecule has 0 spiro atoms. The summed E-state index contributed by atoms with van der Waals surface area (Å²) in [6.07, 6.45) is 0.209. The Morgan fingerprint density at radius 1 is 0.722 bits per heavy atom. The molecule has 1 N–H and O–H groups in total. The molecule has 0 unspecified atom stereocenters. The molecule has 36 heavy (non-hydrogen) atoms. The van der Waals surface area contributed by atoms with Crippen LogP contribution in [0.3, 0.4) is 0 Å². The highest BCUT2D eigenvalue weighted by Gasteiger charge is 2.25. The molecule has 0 aliphatic rings. The monoisotopic (exact) mass is 468 g/mol. The second-order valence-corrected chi connectivity index (χ2v) is 8.48. The molecule has 5 rings (SSSR count). The lowest BCUT2D eigenvalue weighted by Gasteiger charge is -2.17. The quantitative estimate of drug-likeness (QED) is 0.267. The number of amides is 1. The molecule has 4 nitrogen and oxygen atoms in total. The fourth-order valence-corrected chi connectivity index (χ4v) is 4.46. The Bertz CT molecular complexity index is 1450. The maximum absolute atomic E-state index is 13.4. The molecule has 1 amide bonds. The van der Waals surface area contributed by atoms with Gasteiger partial charge in [-0.25, -0.2) is 0 Å². The van der Waals surface area contributed by atoms with E-state index in [9.17, 15) is 10.1 Å². The highest BCUT2D eigenvalue weighted by molar-refractivity contribution is 5.96. The van der Waals surface area contributed by atoms with Crippen molar-refractivity contribution in [2.45, 2.75) is 12.3 Å². The molecule has 0 fully saturated rings. The van der Waals surface area contributed by atoms with Gasteiger partial charge in [0, 0.05) is 23.5 Å². The summed E-state index contributed by atoms with van der Waals surface area (Å²) in [7, 11) is 0. The van der Waals surface area contributed by atoms with E-state index in [1.54, 1.807) is 0 Å². The number of benzene rings is 4. The Kier molecular flexibility index (Phi) is 6.73. The first-order valence-electron chi connectivity index (χ1n) is 11.8. The first kappa shape index (κ1) is 22.9. The highest BCUT2D eigenvalue weighted by atomic mass is 16.4. The number of anilines is 1. The SMILES string of the molecule is N#Cc1c(NC(=O)CC(c2ccccc2)c2ccccc2)oc(-c2ccccc2)c1-c1ccccc1. The van der Waals surface area contributed by atoms with Crippen molar-refractivity contribution >= 4 is 11.8 Å². The largest absolute Gasteiger partial charge is 0.438 e. The molecule has 0 atom stereocenters. The van der Waals surface area contributed by atoms with Gasteiger partial charge in [-0.05, 0) is 16.7 Å². The van der Waals surface area contributed by atoms with Crippen LogP contribution in [0.4, 0.5) is 5.88 Å². The zero-order valence-electron chi connectivity index (χ0n) is 19.6. The van der Waals surface area contributed by atoms with Gasteiger partial charge in [0.05, 0.1) is 0 Å². The lowest BCUT2D eigenvalue weighted by atomic mass is 9.88. The van der Waals surface area contributed by atoms with Crippen molar-refractivity contribution < 1.29 is 9.21 Å². The third-order valence-corrected chi connectivity index (χ3v) is 6.16. The second-order valence-electron chi connectivity index (χ2n) is 8.48. The topological polar surface area (TPSA) is 66.0 Å². The number of rotatable bonds is 7. The van der Waals surface area contributed by atoms with E-state index in [0.29, 0.717) is 16.9 Å². The minimum absolute atomic E-state index is 0.130. The van der Waals surface area contributed by atoms with Crippen LogP contribution in [0.15, 0.2) is 126 Å². The average Bonchev–Trinajstić information content (AvgIpc) is 3.31. The molecule has 1 aromatic heterocycles. The lowest BCUT2D eigenvalue weighted by molar-refractivity contribution is -0.116. The van der Waals surface area contributed by atoms with Gasteiger partial charge >= 0.3 is 0 Å². The van der Waals surface area contributed by atoms with Crippen LogP contribution in [0.25, 0.3) is 22.5 Å². The predicted molar refractivity (Wildman–Crippen MR) is 142 cm³/mol. The molecule has 174 valence electrons. The number of carbonyl (C=O) groups excluding carboxylic acids is 1. The molecule has 0 bridgehead atoms. The number of hydrogen-bond donors (Lipinski definition) is 1. The van der Waals surface area contributed by atoms with Crippen LogP contribution in [0.1, 0.15) is 29.0 Å². The Morgan fingerprint density at radius 3 is 1.69 bits per heavy atom. The van der Waals surface area contributed by atoms with E-state index in [4.69, 9.17) is 4.42 Å². The molecule has 0 saturated heterocycles. The van der Waals surface area contributed by atoms with Crippen molar-refractivity contribution in [3.05, 3.63) is 138 Å². The molecule has 1 heterocycles. The van der Waals surface area contributed by atoms with Crippen LogP contribution in [-0.4, -0.2) is 5.91 Å². The first-order chi connectivity index (χ1) is 17.7.